The fourth-order valence-corrected chi connectivity index (χ4v) is 2.51. The Kier molecular flexibility index (Phi) is 6.20. The van der Waals surface area contributed by atoms with E-state index < -0.39 is 0 Å². The average Bonchev–Trinajstić information content (AvgIpc) is 2.97. The molecule has 5 heteroatoms. The van der Waals surface area contributed by atoms with Crippen LogP contribution in [0.25, 0.3) is 0 Å². The van der Waals surface area contributed by atoms with Gasteiger partial charge in [-0.25, -0.2) is 0 Å². The molecule has 1 atom stereocenters. The second-order valence-corrected chi connectivity index (χ2v) is 5.29. The SMILES string of the molecule is CCc1cc(C(=O)NCC(CC)(CC)C(C)NC)no1. The van der Waals surface area contributed by atoms with Crippen LogP contribution in [0, 0.1) is 5.41 Å². The first-order valence-electron chi connectivity index (χ1n) is 7.44. The molecule has 5 nitrogen and oxygen atoms in total. The molecule has 0 aliphatic carbocycles. The Labute approximate surface area is 121 Å². The first-order chi connectivity index (χ1) is 9.52. The molecule has 0 saturated heterocycles. The van der Waals surface area contributed by atoms with E-state index in [9.17, 15) is 4.79 Å². The van der Waals surface area contributed by atoms with Gasteiger partial charge in [-0.15, -0.1) is 0 Å². The zero-order valence-electron chi connectivity index (χ0n) is 13.2. The van der Waals surface area contributed by atoms with E-state index in [4.69, 9.17) is 4.52 Å². The fourth-order valence-electron chi connectivity index (χ4n) is 2.51. The number of hydrogen-bond donors (Lipinski definition) is 2. The Morgan fingerprint density at radius 1 is 1.40 bits per heavy atom. The van der Waals surface area contributed by atoms with Crippen LogP contribution in [0.5, 0.6) is 0 Å². The molecule has 1 amide bonds. The Hall–Kier alpha value is -1.36. The molecule has 0 saturated carbocycles. The lowest BCUT2D eigenvalue weighted by Crippen LogP contribution is -2.48. The summed E-state index contributed by atoms with van der Waals surface area (Å²) in [5, 5.41) is 10.1. The molecule has 114 valence electrons. The second-order valence-electron chi connectivity index (χ2n) is 5.29. The van der Waals surface area contributed by atoms with Crippen molar-refractivity contribution in [3.63, 3.8) is 0 Å². The number of aromatic nitrogens is 1. The van der Waals surface area contributed by atoms with Crippen molar-refractivity contribution >= 4 is 5.91 Å². The van der Waals surface area contributed by atoms with Gasteiger partial charge in [0.05, 0.1) is 0 Å². The lowest BCUT2D eigenvalue weighted by molar-refractivity contribution is 0.0899. The highest BCUT2D eigenvalue weighted by Crippen LogP contribution is 2.29. The quantitative estimate of drug-likeness (QED) is 0.767. The predicted molar refractivity (Wildman–Crippen MR) is 79.8 cm³/mol. The number of amides is 1. The summed E-state index contributed by atoms with van der Waals surface area (Å²) in [7, 11) is 1.96. The lowest BCUT2D eigenvalue weighted by atomic mass is 9.76. The minimum Gasteiger partial charge on any atom is -0.361 e. The molecule has 0 radical (unpaired) electrons. The van der Waals surface area contributed by atoms with Crippen molar-refractivity contribution in [2.45, 2.75) is 53.0 Å². The van der Waals surface area contributed by atoms with E-state index in [1.54, 1.807) is 6.07 Å². The number of carbonyl (C=O) groups is 1. The summed E-state index contributed by atoms with van der Waals surface area (Å²) in [6.07, 6.45) is 2.75. The topological polar surface area (TPSA) is 67.2 Å². The van der Waals surface area contributed by atoms with E-state index in [2.05, 4.69) is 36.6 Å². The van der Waals surface area contributed by atoms with Gasteiger partial charge in [0.2, 0.25) is 0 Å². The van der Waals surface area contributed by atoms with Crippen molar-refractivity contribution in [2.24, 2.45) is 5.41 Å². The van der Waals surface area contributed by atoms with Crippen LogP contribution in [0.2, 0.25) is 0 Å². The maximum Gasteiger partial charge on any atom is 0.273 e. The molecule has 20 heavy (non-hydrogen) atoms. The van der Waals surface area contributed by atoms with E-state index in [0.29, 0.717) is 18.3 Å². The van der Waals surface area contributed by atoms with Crippen molar-refractivity contribution in [3.05, 3.63) is 17.5 Å². The predicted octanol–water partition coefficient (Wildman–Crippen LogP) is 2.38. The van der Waals surface area contributed by atoms with Crippen molar-refractivity contribution in [3.8, 4) is 0 Å². The minimum atomic E-state index is -0.164. The summed E-state index contributed by atoms with van der Waals surface area (Å²) >= 11 is 0. The maximum absolute atomic E-state index is 12.1. The van der Waals surface area contributed by atoms with Gasteiger partial charge in [0.15, 0.2) is 5.69 Å². The van der Waals surface area contributed by atoms with Crippen LogP contribution < -0.4 is 10.6 Å². The molecule has 0 fully saturated rings. The zero-order valence-corrected chi connectivity index (χ0v) is 13.2. The highest BCUT2D eigenvalue weighted by Gasteiger charge is 2.32. The van der Waals surface area contributed by atoms with Crippen LogP contribution in [-0.4, -0.2) is 30.7 Å². The second kappa shape index (κ2) is 7.43. The lowest BCUT2D eigenvalue weighted by Gasteiger charge is -2.37. The summed E-state index contributed by atoms with van der Waals surface area (Å²) in [6, 6.07) is 2.04. The summed E-state index contributed by atoms with van der Waals surface area (Å²) in [4.78, 5) is 12.1. The van der Waals surface area contributed by atoms with Crippen LogP contribution >= 0.6 is 0 Å². The Morgan fingerprint density at radius 3 is 2.50 bits per heavy atom. The van der Waals surface area contributed by atoms with Crippen LogP contribution in [-0.2, 0) is 6.42 Å². The van der Waals surface area contributed by atoms with Gasteiger partial charge in [-0.3, -0.25) is 4.79 Å². The van der Waals surface area contributed by atoms with E-state index >= 15 is 0 Å². The first kappa shape index (κ1) is 16.7. The van der Waals surface area contributed by atoms with Crippen LogP contribution in [0.15, 0.2) is 10.6 Å². The third-order valence-corrected chi connectivity index (χ3v) is 4.50. The van der Waals surface area contributed by atoms with Crippen molar-refractivity contribution < 1.29 is 9.32 Å². The highest BCUT2D eigenvalue weighted by atomic mass is 16.5. The normalized spacial score (nSPS) is 13.2. The van der Waals surface area contributed by atoms with Crippen molar-refractivity contribution in [1.29, 1.82) is 0 Å². The third-order valence-electron chi connectivity index (χ3n) is 4.50. The summed E-state index contributed by atoms with van der Waals surface area (Å²) in [5.41, 5.74) is 0.418. The minimum absolute atomic E-state index is 0.0573. The molecule has 0 aliphatic rings. The van der Waals surface area contributed by atoms with Gasteiger partial charge in [0, 0.05) is 30.5 Å². The Balaban J connectivity index is 2.70. The number of hydrogen-bond acceptors (Lipinski definition) is 4. The number of rotatable bonds is 8. The van der Waals surface area contributed by atoms with Crippen LogP contribution in [0.4, 0.5) is 0 Å². The largest absolute Gasteiger partial charge is 0.361 e. The Morgan fingerprint density at radius 2 is 2.05 bits per heavy atom. The summed E-state index contributed by atoms with van der Waals surface area (Å²) < 4.78 is 5.06. The standard InChI is InChI=1S/C15H27N3O2/c1-6-12-9-13(18-20-12)14(19)17-10-15(7-2,8-3)11(4)16-5/h9,11,16H,6-8,10H2,1-5H3,(H,17,19). The zero-order chi connectivity index (χ0) is 15.2. The van der Waals surface area contributed by atoms with E-state index in [1.165, 1.54) is 0 Å². The number of carbonyl (C=O) groups excluding carboxylic acids is 1. The van der Waals surface area contributed by atoms with Gasteiger partial charge in [-0.1, -0.05) is 25.9 Å². The van der Waals surface area contributed by atoms with Gasteiger partial charge in [0.25, 0.3) is 5.91 Å². The molecular formula is C15H27N3O2. The monoisotopic (exact) mass is 281 g/mol. The smallest absolute Gasteiger partial charge is 0.273 e. The van der Waals surface area contributed by atoms with Gasteiger partial charge in [-0.2, -0.15) is 0 Å². The van der Waals surface area contributed by atoms with E-state index in [-0.39, 0.29) is 11.3 Å². The Bertz CT molecular complexity index is 425. The van der Waals surface area contributed by atoms with Gasteiger partial charge in [-0.05, 0) is 26.8 Å². The molecule has 1 heterocycles. The number of aryl methyl sites for hydroxylation is 1. The maximum atomic E-state index is 12.1. The van der Waals surface area contributed by atoms with E-state index in [1.807, 2.05) is 14.0 Å². The molecule has 1 aromatic heterocycles. The van der Waals surface area contributed by atoms with Crippen LogP contribution in [0.1, 0.15) is 56.8 Å². The molecule has 0 spiro atoms. The third kappa shape index (κ3) is 3.60. The van der Waals surface area contributed by atoms with Gasteiger partial charge >= 0.3 is 0 Å². The van der Waals surface area contributed by atoms with Crippen LogP contribution in [0.3, 0.4) is 0 Å². The number of nitrogens with one attached hydrogen (secondary N) is 2. The molecule has 1 aromatic rings. The fraction of sp³-hybridized carbons (Fsp3) is 0.733. The van der Waals surface area contributed by atoms with Gasteiger partial charge < -0.3 is 15.2 Å². The highest BCUT2D eigenvalue weighted by molar-refractivity contribution is 5.92. The molecule has 0 bridgehead atoms. The summed E-state index contributed by atoms with van der Waals surface area (Å²) in [6.45, 7) is 9.08. The first-order valence-corrected chi connectivity index (χ1v) is 7.44. The molecular weight excluding hydrogens is 254 g/mol. The number of nitrogens with zero attached hydrogens (tertiary/aromatic N) is 1. The van der Waals surface area contributed by atoms with Crippen molar-refractivity contribution in [1.82, 2.24) is 15.8 Å². The molecule has 0 aliphatic heterocycles. The van der Waals surface area contributed by atoms with E-state index in [0.717, 1.165) is 25.0 Å². The summed E-state index contributed by atoms with van der Waals surface area (Å²) in [5.74, 6) is 0.569. The molecule has 2 N–H and O–H groups in total. The molecule has 1 rings (SSSR count). The van der Waals surface area contributed by atoms with Crippen molar-refractivity contribution in [2.75, 3.05) is 13.6 Å². The molecule has 0 aromatic carbocycles. The molecule has 1 unspecified atom stereocenters. The van der Waals surface area contributed by atoms with Gasteiger partial charge in [0.1, 0.15) is 5.76 Å². The average molecular weight is 281 g/mol.